The highest BCUT2D eigenvalue weighted by Crippen LogP contribution is 2.56. The summed E-state index contributed by atoms with van der Waals surface area (Å²) in [5, 5.41) is 7.49. The van der Waals surface area contributed by atoms with Gasteiger partial charge in [-0.1, -0.05) is 212 Å². The van der Waals surface area contributed by atoms with Gasteiger partial charge in [-0.25, -0.2) is 9.97 Å². The van der Waals surface area contributed by atoms with Crippen LogP contribution in [0.4, 0.5) is 0 Å². The number of benzene rings is 10. The van der Waals surface area contributed by atoms with Gasteiger partial charge in [-0.15, -0.1) is 0 Å². The number of fused-ring (bicyclic) bond motifs is 7. The van der Waals surface area contributed by atoms with Crippen molar-refractivity contribution in [1.29, 1.82) is 0 Å². The van der Waals surface area contributed by atoms with Crippen molar-refractivity contribution in [2.75, 3.05) is 0 Å². The van der Waals surface area contributed by atoms with E-state index in [4.69, 9.17) is 9.97 Å². The molecule has 0 saturated carbocycles. The highest BCUT2D eigenvalue weighted by molar-refractivity contribution is 6.20. The van der Waals surface area contributed by atoms with E-state index in [0.29, 0.717) is 5.82 Å². The average Bonchev–Trinajstić information content (AvgIpc) is 3.64. The smallest absolute Gasteiger partial charge is 0.160 e. The van der Waals surface area contributed by atoms with Gasteiger partial charge < -0.3 is 0 Å². The molecule has 0 N–H and O–H groups in total. The van der Waals surface area contributed by atoms with Gasteiger partial charge in [0, 0.05) is 16.7 Å². The van der Waals surface area contributed by atoms with Crippen LogP contribution in [0.15, 0.2) is 231 Å². The molecule has 1 heterocycles. The Morgan fingerprint density at radius 1 is 0.295 bits per heavy atom. The molecule has 2 nitrogen and oxygen atoms in total. The van der Waals surface area contributed by atoms with E-state index in [-0.39, 0.29) is 0 Å². The third-order valence-corrected chi connectivity index (χ3v) is 12.8. The predicted octanol–water partition coefficient (Wildman–Crippen LogP) is 15.0. The normalized spacial score (nSPS) is 12.7. The highest BCUT2D eigenvalue weighted by Gasteiger charge is 2.46. The molecule has 0 spiro atoms. The van der Waals surface area contributed by atoms with Crippen LogP contribution < -0.4 is 0 Å². The fourth-order valence-electron chi connectivity index (χ4n) is 10.0. The van der Waals surface area contributed by atoms with Crippen molar-refractivity contribution in [1.82, 2.24) is 9.97 Å². The Bertz CT molecular complexity index is 3410. The summed E-state index contributed by atoms with van der Waals surface area (Å²) in [6, 6.07) is 83.5. The Morgan fingerprint density at radius 2 is 0.852 bits per heavy atom. The van der Waals surface area contributed by atoms with Crippen LogP contribution in [0.25, 0.3) is 88.5 Å². The van der Waals surface area contributed by atoms with Gasteiger partial charge in [0.15, 0.2) is 5.82 Å². The van der Waals surface area contributed by atoms with Gasteiger partial charge in [-0.2, -0.15) is 0 Å². The topological polar surface area (TPSA) is 25.8 Å². The minimum Gasteiger partial charge on any atom is -0.228 e. The van der Waals surface area contributed by atoms with Gasteiger partial charge in [0.2, 0.25) is 0 Å². The van der Waals surface area contributed by atoms with Crippen LogP contribution in [0, 0.1) is 0 Å². The quantitative estimate of drug-likeness (QED) is 0.124. The Kier molecular flexibility index (Phi) is 8.11. The van der Waals surface area contributed by atoms with Gasteiger partial charge in [0.1, 0.15) is 0 Å². The Hall–Kier alpha value is -7.94. The van der Waals surface area contributed by atoms with Crippen LogP contribution in [0.1, 0.15) is 22.3 Å². The van der Waals surface area contributed by atoms with Crippen molar-refractivity contribution in [3.05, 3.63) is 253 Å². The summed E-state index contributed by atoms with van der Waals surface area (Å²) in [7, 11) is 0. The number of nitrogens with zero attached hydrogens (tertiary/aromatic N) is 2. The molecule has 0 atom stereocenters. The Labute approximate surface area is 355 Å². The van der Waals surface area contributed by atoms with Crippen LogP contribution in [0.5, 0.6) is 0 Å². The summed E-state index contributed by atoms with van der Waals surface area (Å²) >= 11 is 0. The van der Waals surface area contributed by atoms with Crippen molar-refractivity contribution in [3.8, 4) is 56.2 Å². The molecular formula is C59H38N2. The molecule has 0 radical (unpaired) electrons. The molecule has 2 heteroatoms. The first-order valence-electron chi connectivity index (χ1n) is 21.0. The second kappa shape index (κ2) is 14.1. The van der Waals surface area contributed by atoms with Crippen molar-refractivity contribution in [3.63, 3.8) is 0 Å². The van der Waals surface area contributed by atoms with Crippen molar-refractivity contribution in [2.45, 2.75) is 5.41 Å². The van der Waals surface area contributed by atoms with Gasteiger partial charge in [0.25, 0.3) is 0 Å². The third-order valence-electron chi connectivity index (χ3n) is 12.8. The zero-order valence-electron chi connectivity index (χ0n) is 33.3. The van der Waals surface area contributed by atoms with Crippen LogP contribution in [0.2, 0.25) is 0 Å². The standard InChI is InChI=1S/C59H38N2/c1-4-17-40(18-5-1)55-38-56(44-33-34-50-49-26-14-15-27-53(49)59(54(50)37-44,45-20-6-2-7-21-45)46-22-8-3-9-23-46)61-58(60-55)42-30-28-41(29-31-42)57-48-25-13-11-19-43(48)36-52-47-24-12-10-16-39(47)32-35-51(52)57/h1-38H. The van der Waals surface area contributed by atoms with Gasteiger partial charge >= 0.3 is 0 Å². The molecule has 0 aliphatic heterocycles. The maximum absolute atomic E-state index is 5.39. The van der Waals surface area contributed by atoms with E-state index in [9.17, 15) is 0 Å². The summed E-state index contributed by atoms with van der Waals surface area (Å²) in [4.78, 5) is 10.6. The number of hydrogen-bond donors (Lipinski definition) is 0. The highest BCUT2D eigenvalue weighted by atomic mass is 14.9. The van der Waals surface area contributed by atoms with E-state index in [1.807, 2.05) is 0 Å². The van der Waals surface area contributed by atoms with Crippen molar-refractivity contribution >= 4 is 32.3 Å². The molecule has 0 saturated heterocycles. The minimum absolute atomic E-state index is 0.503. The Morgan fingerprint density at radius 3 is 1.59 bits per heavy atom. The van der Waals surface area contributed by atoms with Crippen molar-refractivity contribution in [2.24, 2.45) is 0 Å². The number of aromatic nitrogens is 2. The first-order valence-corrected chi connectivity index (χ1v) is 21.0. The molecule has 0 amide bonds. The van der Waals surface area contributed by atoms with Gasteiger partial charge in [0.05, 0.1) is 16.8 Å². The first kappa shape index (κ1) is 35.0. The lowest BCUT2D eigenvalue weighted by Gasteiger charge is -2.34. The van der Waals surface area contributed by atoms with Crippen LogP contribution in [0.3, 0.4) is 0 Å². The lowest BCUT2D eigenvalue weighted by molar-refractivity contribution is 0.768. The molecule has 0 unspecified atom stereocenters. The molecule has 0 bridgehead atoms. The third kappa shape index (κ3) is 5.57. The van der Waals surface area contributed by atoms with E-state index >= 15 is 0 Å². The SMILES string of the molecule is c1ccc(-c2cc(-c3ccc4c(c3)C(c3ccccc3)(c3ccccc3)c3ccccc3-4)nc(-c3ccc(-c4c5ccccc5cc5c4ccc4ccccc45)cc3)n2)cc1. The van der Waals surface area contributed by atoms with E-state index in [0.717, 1.165) is 33.6 Å². The zero-order chi connectivity index (χ0) is 40.3. The molecule has 61 heavy (non-hydrogen) atoms. The fourth-order valence-corrected chi connectivity index (χ4v) is 10.0. The van der Waals surface area contributed by atoms with Gasteiger partial charge in [-0.05, 0) is 95.0 Å². The molecule has 11 aromatic rings. The van der Waals surface area contributed by atoms with Crippen LogP contribution in [-0.4, -0.2) is 9.97 Å². The second-order valence-corrected chi connectivity index (χ2v) is 16.0. The zero-order valence-corrected chi connectivity index (χ0v) is 33.3. The maximum atomic E-state index is 5.39. The summed E-state index contributed by atoms with van der Waals surface area (Å²) in [6.45, 7) is 0. The van der Waals surface area contributed by atoms with E-state index in [1.165, 1.54) is 71.3 Å². The lowest BCUT2D eigenvalue weighted by atomic mass is 9.67. The van der Waals surface area contributed by atoms with Gasteiger partial charge in [-0.3, -0.25) is 0 Å². The molecule has 1 aliphatic carbocycles. The molecular weight excluding hydrogens is 737 g/mol. The molecule has 1 aliphatic rings. The lowest BCUT2D eigenvalue weighted by Crippen LogP contribution is -2.28. The monoisotopic (exact) mass is 774 g/mol. The van der Waals surface area contributed by atoms with Crippen LogP contribution >= 0.6 is 0 Å². The molecule has 284 valence electrons. The maximum Gasteiger partial charge on any atom is 0.160 e. The molecule has 12 rings (SSSR count). The Balaban J connectivity index is 1.03. The summed E-state index contributed by atoms with van der Waals surface area (Å²) < 4.78 is 0. The summed E-state index contributed by atoms with van der Waals surface area (Å²) in [6.07, 6.45) is 0. The van der Waals surface area contributed by atoms with E-state index in [2.05, 4.69) is 231 Å². The van der Waals surface area contributed by atoms with E-state index < -0.39 is 5.41 Å². The largest absolute Gasteiger partial charge is 0.228 e. The summed E-state index contributed by atoms with van der Waals surface area (Å²) in [5.41, 5.74) is 14.3. The van der Waals surface area contributed by atoms with Crippen molar-refractivity contribution < 1.29 is 0 Å². The molecule has 1 aromatic heterocycles. The number of hydrogen-bond acceptors (Lipinski definition) is 2. The van der Waals surface area contributed by atoms with E-state index in [1.54, 1.807) is 0 Å². The minimum atomic E-state index is -0.503. The summed E-state index contributed by atoms with van der Waals surface area (Å²) in [5.74, 6) is 0.692. The first-order chi connectivity index (χ1) is 30.2. The van der Waals surface area contributed by atoms with Crippen LogP contribution in [-0.2, 0) is 5.41 Å². The number of rotatable bonds is 6. The molecule has 0 fully saturated rings. The average molecular weight is 775 g/mol. The second-order valence-electron chi connectivity index (χ2n) is 16.0. The predicted molar refractivity (Wildman–Crippen MR) is 254 cm³/mol. The molecule has 10 aromatic carbocycles. The fraction of sp³-hybridized carbons (Fsp3) is 0.0169.